The molecule has 0 saturated carbocycles. The topological polar surface area (TPSA) is 39.7 Å². The molecule has 1 aromatic carbocycles. The molecule has 4 nitrogen and oxygen atoms in total. The van der Waals surface area contributed by atoms with Gasteiger partial charge in [-0.25, -0.2) is 0 Å². The molecule has 5 heteroatoms. The molecule has 1 aliphatic rings. The van der Waals surface area contributed by atoms with Crippen molar-refractivity contribution < 1.29 is 14.2 Å². The maximum absolute atomic E-state index is 5.71. The van der Waals surface area contributed by atoms with E-state index in [0.29, 0.717) is 0 Å². The lowest BCUT2D eigenvalue weighted by Gasteiger charge is -2.25. The molecule has 1 N–H and O–H groups in total. The van der Waals surface area contributed by atoms with Crippen molar-refractivity contribution in [2.75, 3.05) is 33.9 Å². The van der Waals surface area contributed by atoms with E-state index >= 15 is 0 Å². The van der Waals surface area contributed by atoms with Gasteiger partial charge in [-0.05, 0) is 18.2 Å². The van der Waals surface area contributed by atoms with Gasteiger partial charge in [0.15, 0.2) is 0 Å². The Morgan fingerprint density at radius 2 is 2.12 bits per heavy atom. The zero-order chi connectivity index (χ0) is 11.4. The van der Waals surface area contributed by atoms with Gasteiger partial charge in [-0.2, -0.15) is 0 Å². The molecule has 0 spiro atoms. The van der Waals surface area contributed by atoms with E-state index in [4.69, 9.17) is 14.2 Å². The second kappa shape index (κ2) is 6.69. The molecule has 0 amide bonds. The van der Waals surface area contributed by atoms with Crippen LogP contribution in [-0.2, 0) is 4.74 Å². The summed E-state index contributed by atoms with van der Waals surface area (Å²) in [6.07, 6.45) is 0.0406. The van der Waals surface area contributed by atoms with Gasteiger partial charge in [0.25, 0.3) is 0 Å². The standard InChI is InChI=1S/C12H17NO3.ClH/c1-14-9-3-4-11(15-2)10(7-9)12-8-13-5-6-16-12;/h3-4,7,12-13H,5-6,8H2,1-2H3;1H. The van der Waals surface area contributed by atoms with Crippen LogP contribution in [0.25, 0.3) is 0 Å². The molecule has 0 radical (unpaired) electrons. The molecule has 1 saturated heterocycles. The average molecular weight is 260 g/mol. The molecule has 0 bridgehead atoms. The van der Waals surface area contributed by atoms with Gasteiger partial charge in [-0.3, -0.25) is 0 Å². The quantitative estimate of drug-likeness (QED) is 0.898. The fraction of sp³-hybridized carbons (Fsp3) is 0.500. The molecule has 17 heavy (non-hydrogen) atoms. The minimum atomic E-state index is 0. The molecule has 1 aliphatic heterocycles. The first-order chi connectivity index (χ1) is 7.85. The van der Waals surface area contributed by atoms with Crippen molar-refractivity contribution in [3.8, 4) is 11.5 Å². The first-order valence-corrected chi connectivity index (χ1v) is 5.39. The van der Waals surface area contributed by atoms with Crippen LogP contribution in [0.2, 0.25) is 0 Å². The molecular formula is C12H18ClNO3. The Bertz CT molecular complexity index is 354. The zero-order valence-electron chi connectivity index (χ0n) is 10.1. The van der Waals surface area contributed by atoms with Crippen molar-refractivity contribution in [3.63, 3.8) is 0 Å². The highest BCUT2D eigenvalue weighted by Gasteiger charge is 2.20. The van der Waals surface area contributed by atoms with Gasteiger partial charge in [-0.1, -0.05) is 0 Å². The summed E-state index contributed by atoms with van der Waals surface area (Å²) in [7, 11) is 3.33. The summed E-state index contributed by atoms with van der Waals surface area (Å²) in [5.74, 6) is 1.67. The van der Waals surface area contributed by atoms with Crippen LogP contribution in [0.3, 0.4) is 0 Å². The Kier molecular flexibility index (Phi) is 5.55. The molecule has 0 aromatic heterocycles. The minimum Gasteiger partial charge on any atom is -0.497 e. The van der Waals surface area contributed by atoms with E-state index in [-0.39, 0.29) is 18.5 Å². The highest BCUT2D eigenvalue weighted by atomic mass is 35.5. The fourth-order valence-corrected chi connectivity index (χ4v) is 1.86. The predicted molar refractivity (Wildman–Crippen MR) is 68.4 cm³/mol. The summed E-state index contributed by atoms with van der Waals surface area (Å²) in [5.41, 5.74) is 1.04. The normalized spacial score (nSPS) is 19.3. The third-order valence-corrected chi connectivity index (χ3v) is 2.71. The SMILES string of the molecule is COc1ccc(OC)c(C2CNCCO2)c1.Cl. The lowest BCUT2D eigenvalue weighted by molar-refractivity contribution is 0.0261. The van der Waals surface area contributed by atoms with Crippen molar-refractivity contribution in [1.82, 2.24) is 5.32 Å². The van der Waals surface area contributed by atoms with E-state index in [2.05, 4.69) is 5.32 Å². The average Bonchev–Trinajstić information content (AvgIpc) is 2.39. The van der Waals surface area contributed by atoms with Gasteiger partial charge in [-0.15, -0.1) is 12.4 Å². The second-order valence-electron chi connectivity index (χ2n) is 3.67. The zero-order valence-corrected chi connectivity index (χ0v) is 10.9. The second-order valence-corrected chi connectivity index (χ2v) is 3.67. The molecule has 1 unspecified atom stereocenters. The van der Waals surface area contributed by atoms with Crippen LogP contribution in [0.4, 0.5) is 0 Å². The molecular weight excluding hydrogens is 242 g/mol. The first-order valence-electron chi connectivity index (χ1n) is 5.39. The summed E-state index contributed by atoms with van der Waals surface area (Å²) in [4.78, 5) is 0. The van der Waals surface area contributed by atoms with Crippen LogP contribution in [0.1, 0.15) is 11.7 Å². The molecule has 96 valence electrons. The number of ether oxygens (including phenoxy) is 3. The maximum atomic E-state index is 5.71. The summed E-state index contributed by atoms with van der Waals surface area (Å²) < 4.78 is 16.3. The van der Waals surface area contributed by atoms with Crippen LogP contribution < -0.4 is 14.8 Å². The van der Waals surface area contributed by atoms with E-state index in [1.54, 1.807) is 14.2 Å². The molecule has 2 rings (SSSR count). The number of morpholine rings is 1. The Hall–Kier alpha value is -0.970. The summed E-state index contributed by atoms with van der Waals surface area (Å²) in [5, 5.41) is 3.30. The highest BCUT2D eigenvalue weighted by Crippen LogP contribution is 2.31. The van der Waals surface area contributed by atoms with Gasteiger partial charge >= 0.3 is 0 Å². The van der Waals surface area contributed by atoms with Crippen molar-refractivity contribution in [2.45, 2.75) is 6.10 Å². The van der Waals surface area contributed by atoms with E-state index < -0.39 is 0 Å². The van der Waals surface area contributed by atoms with Crippen molar-refractivity contribution in [1.29, 1.82) is 0 Å². The number of hydrogen-bond acceptors (Lipinski definition) is 4. The van der Waals surface area contributed by atoms with Gasteiger partial charge in [0.2, 0.25) is 0 Å². The van der Waals surface area contributed by atoms with Gasteiger partial charge < -0.3 is 19.5 Å². The number of hydrogen-bond donors (Lipinski definition) is 1. The Morgan fingerprint density at radius 3 is 2.71 bits per heavy atom. The minimum absolute atomic E-state index is 0. The van der Waals surface area contributed by atoms with E-state index in [9.17, 15) is 0 Å². The summed E-state index contributed by atoms with van der Waals surface area (Å²) in [6.45, 7) is 2.44. The molecule has 1 fully saturated rings. The van der Waals surface area contributed by atoms with Crippen LogP contribution in [0.5, 0.6) is 11.5 Å². The number of nitrogens with one attached hydrogen (secondary N) is 1. The summed E-state index contributed by atoms with van der Waals surface area (Å²) >= 11 is 0. The number of benzene rings is 1. The monoisotopic (exact) mass is 259 g/mol. The van der Waals surface area contributed by atoms with Gasteiger partial charge in [0.1, 0.15) is 11.5 Å². The largest absolute Gasteiger partial charge is 0.497 e. The van der Waals surface area contributed by atoms with Crippen molar-refractivity contribution in [3.05, 3.63) is 23.8 Å². The van der Waals surface area contributed by atoms with E-state index in [1.165, 1.54) is 0 Å². The molecule has 1 atom stereocenters. The Labute approximate surface area is 108 Å². The van der Waals surface area contributed by atoms with Crippen molar-refractivity contribution in [2.24, 2.45) is 0 Å². The van der Waals surface area contributed by atoms with E-state index in [0.717, 1.165) is 36.8 Å². The van der Waals surface area contributed by atoms with Crippen LogP contribution in [0, 0.1) is 0 Å². The van der Waals surface area contributed by atoms with Crippen LogP contribution >= 0.6 is 12.4 Å². The van der Waals surface area contributed by atoms with E-state index in [1.807, 2.05) is 18.2 Å². The third kappa shape index (κ3) is 3.25. The van der Waals surface area contributed by atoms with Gasteiger partial charge in [0.05, 0.1) is 26.9 Å². The first kappa shape index (κ1) is 14.1. The van der Waals surface area contributed by atoms with Crippen molar-refractivity contribution >= 4 is 12.4 Å². The predicted octanol–water partition coefficient (Wildman–Crippen LogP) is 1.79. The summed E-state index contributed by atoms with van der Waals surface area (Å²) in [6, 6.07) is 5.77. The molecule has 1 heterocycles. The smallest absolute Gasteiger partial charge is 0.124 e. The Morgan fingerprint density at radius 1 is 1.29 bits per heavy atom. The molecule has 1 aromatic rings. The van der Waals surface area contributed by atoms with Crippen LogP contribution in [-0.4, -0.2) is 33.9 Å². The van der Waals surface area contributed by atoms with Crippen LogP contribution in [0.15, 0.2) is 18.2 Å². The Balaban J connectivity index is 0.00000144. The number of halogens is 1. The lowest BCUT2D eigenvalue weighted by Crippen LogP contribution is -2.33. The number of rotatable bonds is 3. The fourth-order valence-electron chi connectivity index (χ4n) is 1.86. The molecule has 0 aliphatic carbocycles. The van der Waals surface area contributed by atoms with Gasteiger partial charge in [0, 0.05) is 18.7 Å². The third-order valence-electron chi connectivity index (χ3n) is 2.71. The highest BCUT2D eigenvalue weighted by molar-refractivity contribution is 5.85. The number of methoxy groups -OCH3 is 2. The maximum Gasteiger partial charge on any atom is 0.124 e. The lowest BCUT2D eigenvalue weighted by atomic mass is 10.1.